The highest BCUT2D eigenvalue weighted by atomic mass is 19.1. The van der Waals surface area contributed by atoms with Gasteiger partial charge >= 0.3 is 6.03 Å². The molecule has 2 heterocycles. The van der Waals surface area contributed by atoms with E-state index in [0.717, 1.165) is 43.5 Å². The molecule has 1 aliphatic heterocycles. The molecule has 0 atom stereocenters. The molecule has 1 aliphatic rings. The number of benzene rings is 2. The topological polar surface area (TPSA) is 48.5 Å². The van der Waals surface area contributed by atoms with E-state index in [1.54, 1.807) is 29.2 Å². The third kappa shape index (κ3) is 5.04. The number of carbonyl (C=O) groups is 1. The first-order valence-electron chi connectivity index (χ1n) is 10.7. The van der Waals surface area contributed by atoms with E-state index in [2.05, 4.69) is 15.2 Å². The summed E-state index contributed by atoms with van der Waals surface area (Å²) in [6.45, 7) is 3.67. The summed E-state index contributed by atoms with van der Waals surface area (Å²) in [5.41, 5.74) is 2.75. The molecule has 7 heteroatoms. The first-order valence-corrected chi connectivity index (χ1v) is 10.7. The molecule has 5 nitrogen and oxygen atoms in total. The van der Waals surface area contributed by atoms with Crippen LogP contribution < -0.4 is 10.2 Å². The number of urea groups is 1. The number of hydrogen-bond donors (Lipinski definition) is 1. The molecule has 2 amide bonds. The minimum atomic E-state index is -0.622. The van der Waals surface area contributed by atoms with Crippen LogP contribution in [0.15, 0.2) is 60.7 Å². The Balaban J connectivity index is 1.34. The largest absolute Gasteiger partial charge is 0.356 e. The van der Waals surface area contributed by atoms with Gasteiger partial charge in [0.15, 0.2) is 0 Å². The van der Waals surface area contributed by atoms with Crippen molar-refractivity contribution in [2.45, 2.75) is 25.8 Å². The van der Waals surface area contributed by atoms with E-state index in [-0.39, 0.29) is 12.1 Å². The predicted molar refractivity (Wildman–Crippen MR) is 123 cm³/mol. The average Bonchev–Trinajstić information content (AvgIpc) is 2.78. The molecule has 32 heavy (non-hydrogen) atoms. The van der Waals surface area contributed by atoms with Gasteiger partial charge in [0, 0.05) is 43.6 Å². The van der Waals surface area contributed by atoms with E-state index in [1.807, 2.05) is 32.2 Å². The monoisotopic (exact) mass is 436 g/mol. The lowest BCUT2D eigenvalue weighted by Gasteiger charge is -2.37. The van der Waals surface area contributed by atoms with Gasteiger partial charge in [0.25, 0.3) is 0 Å². The first kappa shape index (κ1) is 21.7. The Bertz CT molecular complexity index is 1080. The molecule has 1 saturated heterocycles. The summed E-state index contributed by atoms with van der Waals surface area (Å²) in [6, 6.07) is 16.3. The lowest BCUT2D eigenvalue weighted by molar-refractivity contribution is 0.193. The number of nitrogens with one attached hydrogen (secondary N) is 1. The summed E-state index contributed by atoms with van der Waals surface area (Å²) in [5.74, 6) is -0.264. The summed E-state index contributed by atoms with van der Waals surface area (Å²) >= 11 is 0. The summed E-state index contributed by atoms with van der Waals surface area (Å²) in [6.07, 6.45) is 1.73. The van der Waals surface area contributed by atoms with Crippen molar-refractivity contribution in [1.29, 1.82) is 0 Å². The second-order valence-electron chi connectivity index (χ2n) is 8.13. The number of anilines is 2. The number of amides is 2. The predicted octanol–water partition coefficient (Wildman–Crippen LogP) is 5.47. The second kappa shape index (κ2) is 9.34. The van der Waals surface area contributed by atoms with Crippen molar-refractivity contribution in [2.75, 3.05) is 30.4 Å². The molecule has 1 aromatic heterocycles. The van der Waals surface area contributed by atoms with Crippen molar-refractivity contribution in [3.05, 3.63) is 78.0 Å². The van der Waals surface area contributed by atoms with Gasteiger partial charge in [-0.1, -0.05) is 18.2 Å². The van der Waals surface area contributed by atoms with Gasteiger partial charge in [0.2, 0.25) is 0 Å². The number of piperidine rings is 1. The van der Waals surface area contributed by atoms with Gasteiger partial charge in [0.1, 0.15) is 17.5 Å². The molecular formula is C25H26F2N4O. The molecule has 0 spiro atoms. The lowest BCUT2D eigenvalue weighted by Crippen LogP contribution is -2.47. The fraction of sp³-hybridized carbons (Fsp3) is 0.280. The number of pyridine rings is 1. The van der Waals surface area contributed by atoms with Crippen molar-refractivity contribution in [2.24, 2.45) is 0 Å². The minimum Gasteiger partial charge on any atom is -0.356 e. The van der Waals surface area contributed by atoms with Crippen LogP contribution in [0, 0.1) is 18.6 Å². The molecule has 2 aromatic carbocycles. The van der Waals surface area contributed by atoms with E-state index in [9.17, 15) is 13.6 Å². The van der Waals surface area contributed by atoms with Gasteiger partial charge < -0.3 is 15.1 Å². The van der Waals surface area contributed by atoms with Crippen molar-refractivity contribution < 1.29 is 13.6 Å². The number of aromatic nitrogens is 1. The number of hydrogen-bond acceptors (Lipinski definition) is 3. The molecule has 0 saturated carbocycles. The molecule has 1 N–H and O–H groups in total. The Hall–Kier alpha value is -3.48. The zero-order valence-corrected chi connectivity index (χ0v) is 18.2. The van der Waals surface area contributed by atoms with Crippen LogP contribution in [0.2, 0.25) is 0 Å². The van der Waals surface area contributed by atoms with Gasteiger partial charge in [0.05, 0.1) is 0 Å². The Morgan fingerprint density at radius 3 is 2.28 bits per heavy atom. The zero-order valence-electron chi connectivity index (χ0n) is 18.2. The van der Waals surface area contributed by atoms with Crippen LogP contribution in [0.4, 0.5) is 25.1 Å². The van der Waals surface area contributed by atoms with E-state index < -0.39 is 11.6 Å². The molecule has 4 rings (SSSR count). The van der Waals surface area contributed by atoms with E-state index in [4.69, 9.17) is 0 Å². The number of nitrogens with zero attached hydrogens (tertiary/aromatic N) is 3. The molecule has 0 radical (unpaired) electrons. The second-order valence-corrected chi connectivity index (χ2v) is 8.13. The van der Waals surface area contributed by atoms with E-state index >= 15 is 0 Å². The number of aryl methyl sites for hydroxylation is 1. The van der Waals surface area contributed by atoms with Crippen molar-refractivity contribution in [3.63, 3.8) is 0 Å². The van der Waals surface area contributed by atoms with Gasteiger partial charge in [-0.2, -0.15) is 0 Å². The summed E-state index contributed by atoms with van der Waals surface area (Å²) < 4.78 is 26.9. The number of carbonyl (C=O) groups excluding carboxylic acids is 1. The maximum atomic E-state index is 13.5. The SMILES string of the molecule is Cc1cccc(N2CCC(N(C)C(=O)Nc3ccc(-c4cc(F)cc(F)c4)cc3)CC2)n1. The van der Waals surface area contributed by atoms with Crippen LogP contribution in [0.1, 0.15) is 18.5 Å². The molecule has 0 aliphatic carbocycles. The smallest absolute Gasteiger partial charge is 0.321 e. The minimum absolute atomic E-state index is 0.144. The van der Waals surface area contributed by atoms with Crippen LogP contribution >= 0.6 is 0 Å². The standard InChI is InChI=1S/C25H26F2N4O/c1-17-4-3-5-24(28-17)31-12-10-23(11-13-31)30(2)25(32)29-22-8-6-18(7-9-22)19-14-20(26)16-21(27)15-19/h3-9,14-16,23H,10-13H2,1-2H3,(H,29,32). The quantitative estimate of drug-likeness (QED) is 0.590. The Morgan fingerprint density at radius 1 is 1.00 bits per heavy atom. The summed E-state index contributed by atoms with van der Waals surface area (Å²) in [5, 5.41) is 2.90. The van der Waals surface area contributed by atoms with Crippen LogP contribution in [0.5, 0.6) is 0 Å². The van der Waals surface area contributed by atoms with E-state index in [0.29, 0.717) is 16.8 Å². The maximum absolute atomic E-state index is 13.5. The molecule has 166 valence electrons. The summed E-state index contributed by atoms with van der Waals surface area (Å²) in [7, 11) is 1.81. The molecule has 0 bridgehead atoms. The average molecular weight is 437 g/mol. The molecule has 0 unspecified atom stereocenters. The van der Waals surface area contributed by atoms with Gasteiger partial charge in [-0.3, -0.25) is 0 Å². The molecule has 1 fully saturated rings. The van der Waals surface area contributed by atoms with Gasteiger partial charge in [-0.25, -0.2) is 18.6 Å². The highest BCUT2D eigenvalue weighted by Gasteiger charge is 2.26. The highest BCUT2D eigenvalue weighted by Crippen LogP contribution is 2.25. The van der Waals surface area contributed by atoms with Crippen LogP contribution in [-0.4, -0.2) is 42.1 Å². The lowest BCUT2D eigenvalue weighted by atomic mass is 10.0. The Kier molecular flexibility index (Phi) is 6.35. The maximum Gasteiger partial charge on any atom is 0.321 e. The zero-order chi connectivity index (χ0) is 22.7. The third-order valence-electron chi connectivity index (χ3n) is 5.86. The van der Waals surface area contributed by atoms with Crippen molar-refractivity contribution in [3.8, 4) is 11.1 Å². The first-order chi connectivity index (χ1) is 15.4. The normalized spacial score (nSPS) is 14.3. The Morgan fingerprint density at radius 2 is 1.66 bits per heavy atom. The highest BCUT2D eigenvalue weighted by molar-refractivity contribution is 5.89. The third-order valence-corrected chi connectivity index (χ3v) is 5.86. The molecular weight excluding hydrogens is 410 g/mol. The van der Waals surface area contributed by atoms with E-state index in [1.165, 1.54) is 12.1 Å². The van der Waals surface area contributed by atoms with Crippen LogP contribution in [-0.2, 0) is 0 Å². The Labute approximate surface area is 186 Å². The van der Waals surface area contributed by atoms with Crippen LogP contribution in [0.25, 0.3) is 11.1 Å². The molecule has 3 aromatic rings. The fourth-order valence-corrected chi connectivity index (χ4v) is 4.03. The number of rotatable bonds is 4. The van der Waals surface area contributed by atoms with Gasteiger partial charge in [-0.15, -0.1) is 0 Å². The number of halogens is 2. The van der Waals surface area contributed by atoms with Crippen molar-refractivity contribution in [1.82, 2.24) is 9.88 Å². The fourth-order valence-electron chi connectivity index (χ4n) is 4.03. The van der Waals surface area contributed by atoms with Crippen molar-refractivity contribution >= 4 is 17.5 Å². The van der Waals surface area contributed by atoms with Gasteiger partial charge in [-0.05, 0) is 67.3 Å². The van der Waals surface area contributed by atoms with Crippen LogP contribution in [0.3, 0.4) is 0 Å². The summed E-state index contributed by atoms with van der Waals surface area (Å²) in [4.78, 5) is 21.3.